The fourth-order valence-electron chi connectivity index (χ4n) is 2.56. The molecule has 0 spiro atoms. The maximum absolute atomic E-state index is 6.03. The summed E-state index contributed by atoms with van der Waals surface area (Å²) in [7, 11) is 0. The van der Waals surface area contributed by atoms with Crippen LogP contribution in [-0.2, 0) is 4.74 Å². The lowest BCUT2D eigenvalue weighted by Crippen LogP contribution is -2.45. The van der Waals surface area contributed by atoms with E-state index in [0.717, 1.165) is 19.5 Å². The van der Waals surface area contributed by atoms with Crippen molar-refractivity contribution in [1.82, 2.24) is 0 Å². The Morgan fingerprint density at radius 2 is 1.78 bits per heavy atom. The van der Waals surface area contributed by atoms with E-state index in [1.165, 1.54) is 11.3 Å². The molecule has 1 saturated heterocycles. The summed E-state index contributed by atoms with van der Waals surface area (Å²) in [5.41, 5.74) is 8.52. The zero-order chi connectivity index (χ0) is 13.1. The molecule has 0 saturated carbocycles. The van der Waals surface area contributed by atoms with Crippen molar-refractivity contribution in [2.75, 3.05) is 18.0 Å². The Kier molecular flexibility index (Phi) is 4.25. The van der Waals surface area contributed by atoms with Crippen molar-refractivity contribution in [3.05, 3.63) is 29.8 Å². The van der Waals surface area contributed by atoms with Crippen LogP contribution in [0.4, 0.5) is 5.69 Å². The third-order valence-corrected chi connectivity index (χ3v) is 3.55. The molecule has 1 aliphatic rings. The zero-order valence-electron chi connectivity index (χ0n) is 11.6. The smallest absolute Gasteiger partial charge is 0.0726 e. The van der Waals surface area contributed by atoms with Crippen molar-refractivity contribution < 1.29 is 4.74 Å². The van der Waals surface area contributed by atoms with Gasteiger partial charge in [-0.3, -0.25) is 0 Å². The Hall–Kier alpha value is -1.06. The first-order valence-electron chi connectivity index (χ1n) is 6.86. The molecule has 0 amide bonds. The minimum atomic E-state index is 0.154. The Balaban J connectivity index is 2.09. The fourth-order valence-corrected chi connectivity index (χ4v) is 2.56. The zero-order valence-corrected chi connectivity index (χ0v) is 11.6. The number of nitrogens with two attached hydrogens (primary N) is 1. The van der Waals surface area contributed by atoms with Crippen LogP contribution in [0.1, 0.15) is 38.8 Å². The highest BCUT2D eigenvalue weighted by Crippen LogP contribution is 2.23. The van der Waals surface area contributed by atoms with E-state index >= 15 is 0 Å². The van der Waals surface area contributed by atoms with Gasteiger partial charge in [0.25, 0.3) is 0 Å². The summed E-state index contributed by atoms with van der Waals surface area (Å²) in [6, 6.07) is 8.80. The molecule has 0 radical (unpaired) electrons. The Labute approximate surface area is 110 Å². The van der Waals surface area contributed by atoms with Gasteiger partial charge in [0.15, 0.2) is 0 Å². The van der Waals surface area contributed by atoms with Crippen LogP contribution in [0.2, 0.25) is 0 Å². The number of nitrogens with zero attached hydrogens (tertiary/aromatic N) is 1. The fraction of sp³-hybridized carbons (Fsp3) is 0.600. The van der Waals surface area contributed by atoms with E-state index < -0.39 is 0 Å². The second-order valence-electron chi connectivity index (χ2n) is 5.27. The van der Waals surface area contributed by atoms with Gasteiger partial charge in [0.2, 0.25) is 0 Å². The van der Waals surface area contributed by atoms with Gasteiger partial charge in [-0.2, -0.15) is 0 Å². The molecule has 1 aromatic rings. The Bertz CT molecular complexity index is 367. The van der Waals surface area contributed by atoms with Crippen LogP contribution in [0, 0.1) is 0 Å². The maximum atomic E-state index is 6.03. The van der Waals surface area contributed by atoms with Crippen LogP contribution in [0.3, 0.4) is 0 Å². The summed E-state index contributed by atoms with van der Waals surface area (Å²) in [6.45, 7) is 8.30. The van der Waals surface area contributed by atoms with Crippen molar-refractivity contribution in [2.24, 2.45) is 5.73 Å². The van der Waals surface area contributed by atoms with Gasteiger partial charge in [0, 0.05) is 24.8 Å². The molecule has 100 valence electrons. The highest BCUT2D eigenvalue weighted by atomic mass is 16.5. The molecule has 18 heavy (non-hydrogen) atoms. The van der Waals surface area contributed by atoms with Gasteiger partial charge >= 0.3 is 0 Å². The van der Waals surface area contributed by atoms with E-state index in [1.807, 2.05) is 0 Å². The highest BCUT2D eigenvalue weighted by Gasteiger charge is 2.22. The molecule has 3 atom stereocenters. The Morgan fingerprint density at radius 3 is 2.28 bits per heavy atom. The maximum Gasteiger partial charge on any atom is 0.0726 e. The Morgan fingerprint density at radius 1 is 1.22 bits per heavy atom. The molecule has 0 aromatic heterocycles. The SMILES string of the molecule is CC[C@H](N)c1ccc(N2CC(C)OC(C)C2)cc1. The summed E-state index contributed by atoms with van der Waals surface area (Å²) in [6.07, 6.45) is 1.57. The number of ether oxygens (including phenoxy) is 1. The number of hydrogen-bond donors (Lipinski definition) is 1. The van der Waals surface area contributed by atoms with Gasteiger partial charge in [-0.1, -0.05) is 19.1 Å². The van der Waals surface area contributed by atoms with Gasteiger partial charge in [-0.15, -0.1) is 0 Å². The first kappa shape index (κ1) is 13.4. The molecule has 1 aromatic carbocycles. The predicted molar refractivity (Wildman–Crippen MR) is 75.9 cm³/mol. The molecule has 0 bridgehead atoms. The second-order valence-corrected chi connectivity index (χ2v) is 5.27. The molecule has 2 N–H and O–H groups in total. The lowest BCUT2D eigenvalue weighted by molar-refractivity contribution is -0.00521. The molecule has 1 aliphatic heterocycles. The standard InChI is InChI=1S/C15H24N2O/c1-4-15(16)13-5-7-14(8-6-13)17-9-11(2)18-12(3)10-17/h5-8,11-12,15H,4,9-10,16H2,1-3H3/t11?,12?,15-/m0/s1. The minimum Gasteiger partial charge on any atom is -0.372 e. The highest BCUT2D eigenvalue weighted by molar-refractivity contribution is 5.48. The van der Waals surface area contributed by atoms with E-state index in [9.17, 15) is 0 Å². The van der Waals surface area contributed by atoms with E-state index in [0.29, 0.717) is 12.2 Å². The van der Waals surface area contributed by atoms with Gasteiger partial charge in [0.1, 0.15) is 0 Å². The third-order valence-electron chi connectivity index (χ3n) is 3.55. The van der Waals surface area contributed by atoms with Crippen molar-refractivity contribution in [3.8, 4) is 0 Å². The second kappa shape index (κ2) is 5.72. The minimum absolute atomic E-state index is 0.154. The van der Waals surface area contributed by atoms with Gasteiger partial charge in [-0.25, -0.2) is 0 Å². The lowest BCUT2D eigenvalue weighted by Gasteiger charge is -2.37. The van der Waals surface area contributed by atoms with Crippen LogP contribution in [-0.4, -0.2) is 25.3 Å². The van der Waals surface area contributed by atoms with Crippen LogP contribution in [0.25, 0.3) is 0 Å². The average Bonchev–Trinajstić information content (AvgIpc) is 2.37. The molecular weight excluding hydrogens is 224 g/mol. The van der Waals surface area contributed by atoms with E-state index in [2.05, 4.69) is 49.9 Å². The average molecular weight is 248 g/mol. The molecule has 2 rings (SSSR count). The molecule has 1 heterocycles. The number of anilines is 1. The van der Waals surface area contributed by atoms with Gasteiger partial charge in [-0.05, 0) is 38.0 Å². The molecule has 2 unspecified atom stereocenters. The molecule has 0 aliphatic carbocycles. The van der Waals surface area contributed by atoms with Crippen molar-refractivity contribution >= 4 is 5.69 Å². The van der Waals surface area contributed by atoms with E-state index in [1.54, 1.807) is 0 Å². The summed E-state index contributed by atoms with van der Waals surface area (Å²) in [5.74, 6) is 0. The third kappa shape index (κ3) is 3.03. The normalized spacial score (nSPS) is 26.1. The number of benzene rings is 1. The summed E-state index contributed by atoms with van der Waals surface area (Å²) in [4.78, 5) is 2.39. The molecule has 3 nitrogen and oxygen atoms in total. The molecule has 1 fully saturated rings. The topological polar surface area (TPSA) is 38.5 Å². The largest absolute Gasteiger partial charge is 0.372 e. The molecule has 3 heteroatoms. The quantitative estimate of drug-likeness (QED) is 0.894. The van der Waals surface area contributed by atoms with Crippen LogP contribution in [0.5, 0.6) is 0 Å². The lowest BCUT2D eigenvalue weighted by atomic mass is 10.0. The van der Waals surface area contributed by atoms with Gasteiger partial charge < -0.3 is 15.4 Å². The number of rotatable bonds is 3. The summed E-state index contributed by atoms with van der Waals surface area (Å²) >= 11 is 0. The van der Waals surface area contributed by atoms with Crippen molar-refractivity contribution in [1.29, 1.82) is 0 Å². The van der Waals surface area contributed by atoms with Crippen LogP contribution < -0.4 is 10.6 Å². The number of hydrogen-bond acceptors (Lipinski definition) is 3. The summed E-state index contributed by atoms with van der Waals surface area (Å²) < 4.78 is 5.76. The summed E-state index contributed by atoms with van der Waals surface area (Å²) in [5, 5.41) is 0. The van der Waals surface area contributed by atoms with Crippen molar-refractivity contribution in [2.45, 2.75) is 45.4 Å². The van der Waals surface area contributed by atoms with Gasteiger partial charge in [0.05, 0.1) is 12.2 Å². The molecular formula is C15H24N2O. The predicted octanol–water partition coefficient (Wildman–Crippen LogP) is 2.71. The van der Waals surface area contributed by atoms with E-state index in [4.69, 9.17) is 10.5 Å². The first-order valence-corrected chi connectivity index (χ1v) is 6.86. The first-order chi connectivity index (χ1) is 8.60. The van der Waals surface area contributed by atoms with Crippen molar-refractivity contribution in [3.63, 3.8) is 0 Å². The van der Waals surface area contributed by atoms with Crippen LogP contribution >= 0.6 is 0 Å². The number of morpholine rings is 1. The monoisotopic (exact) mass is 248 g/mol. The van der Waals surface area contributed by atoms with E-state index in [-0.39, 0.29) is 6.04 Å². The van der Waals surface area contributed by atoms with Crippen LogP contribution in [0.15, 0.2) is 24.3 Å².